The van der Waals surface area contributed by atoms with Crippen LogP contribution in [-0.2, 0) is 25.5 Å². The number of aromatic amines is 1. The maximum Gasteiger partial charge on any atom is 0.326 e. The van der Waals surface area contributed by atoms with Gasteiger partial charge in [0.25, 0.3) is 17.9 Å². The van der Waals surface area contributed by atoms with Crippen molar-refractivity contribution < 1.29 is 34.1 Å². The summed E-state index contributed by atoms with van der Waals surface area (Å²) in [5.74, 6) is -3.47. The summed E-state index contributed by atoms with van der Waals surface area (Å²) in [7, 11) is 0. The van der Waals surface area contributed by atoms with Crippen LogP contribution in [0.2, 0.25) is 0 Å². The van der Waals surface area contributed by atoms with Crippen LogP contribution in [0.3, 0.4) is 0 Å². The Labute approximate surface area is 204 Å². The third-order valence-electron chi connectivity index (χ3n) is 5.53. The predicted molar refractivity (Wildman–Crippen MR) is 127 cm³/mol. The third-order valence-corrected chi connectivity index (χ3v) is 5.53. The van der Waals surface area contributed by atoms with Crippen molar-refractivity contribution in [3.63, 3.8) is 0 Å². The van der Waals surface area contributed by atoms with E-state index in [1.807, 2.05) is 0 Å². The Morgan fingerprint density at radius 2 is 1.86 bits per heavy atom. The summed E-state index contributed by atoms with van der Waals surface area (Å²) >= 11 is 0. The van der Waals surface area contributed by atoms with Crippen molar-refractivity contribution >= 4 is 41.2 Å². The molecule has 0 saturated carbocycles. The van der Waals surface area contributed by atoms with Crippen LogP contribution in [0.25, 0.3) is 10.9 Å². The van der Waals surface area contributed by atoms with E-state index in [2.05, 4.69) is 15.3 Å². The molecule has 2 aromatic carbocycles. The fourth-order valence-corrected chi connectivity index (χ4v) is 3.72. The molecule has 1 heterocycles. The molecule has 0 aliphatic carbocycles. The standard InChI is InChI=1S/C24H24N4O8/c25-24-27-18-6-1-13(10-17(18)22(33)28-24)9-16(11-36-12-29)14-2-4-15(5-3-14)21(32)26-19(23(34)35)7-8-20(30)31/h1-6,10,12,16,19H,7-9,11H2,(H,26,32)(H,30,31)(H,34,35)(H3,25,27,28,33). The number of ether oxygens (including phenoxy) is 1. The molecule has 0 saturated heterocycles. The Kier molecular flexibility index (Phi) is 8.34. The molecule has 0 aliphatic rings. The Hall–Kier alpha value is -4.74. The number of carboxylic acids is 2. The van der Waals surface area contributed by atoms with E-state index in [0.29, 0.717) is 23.8 Å². The summed E-state index contributed by atoms with van der Waals surface area (Å²) in [6.45, 7) is 0.371. The molecule has 0 fully saturated rings. The van der Waals surface area contributed by atoms with Crippen LogP contribution in [0.5, 0.6) is 0 Å². The second kappa shape index (κ2) is 11.6. The van der Waals surface area contributed by atoms with Crippen LogP contribution in [0.4, 0.5) is 5.95 Å². The Morgan fingerprint density at radius 1 is 1.14 bits per heavy atom. The number of rotatable bonds is 12. The summed E-state index contributed by atoms with van der Waals surface area (Å²) in [4.78, 5) is 64.1. The average molecular weight is 496 g/mol. The van der Waals surface area contributed by atoms with Gasteiger partial charge in [0.05, 0.1) is 17.5 Å². The fourth-order valence-electron chi connectivity index (χ4n) is 3.72. The quantitative estimate of drug-likeness (QED) is 0.226. The minimum Gasteiger partial charge on any atom is -0.481 e. The van der Waals surface area contributed by atoms with Crippen LogP contribution in [0.15, 0.2) is 47.3 Å². The lowest BCUT2D eigenvalue weighted by molar-refractivity contribution is -0.140. The number of carboxylic acid groups (broad SMARTS) is 2. The molecule has 188 valence electrons. The van der Waals surface area contributed by atoms with E-state index in [0.717, 1.165) is 11.1 Å². The number of H-pyrrole nitrogens is 1. The molecule has 6 N–H and O–H groups in total. The molecule has 0 radical (unpaired) electrons. The largest absolute Gasteiger partial charge is 0.481 e. The van der Waals surface area contributed by atoms with Crippen LogP contribution < -0.4 is 16.6 Å². The van der Waals surface area contributed by atoms with Crippen molar-refractivity contribution in [3.8, 4) is 0 Å². The molecule has 12 heteroatoms. The summed E-state index contributed by atoms with van der Waals surface area (Å²) < 4.78 is 4.98. The Bertz CT molecular complexity index is 1340. The van der Waals surface area contributed by atoms with Gasteiger partial charge in [0.1, 0.15) is 6.04 Å². The molecule has 12 nitrogen and oxygen atoms in total. The lowest BCUT2D eigenvalue weighted by Gasteiger charge is -2.18. The first-order valence-corrected chi connectivity index (χ1v) is 10.9. The maximum absolute atomic E-state index is 12.5. The van der Waals surface area contributed by atoms with E-state index >= 15 is 0 Å². The van der Waals surface area contributed by atoms with E-state index in [-0.39, 0.29) is 36.0 Å². The Morgan fingerprint density at radius 3 is 2.50 bits per heavy atom. The lowest BCUT2D eigenvalue weighted by Crippen LogP contribution is -2.41. The monoisotopic (exact) mass is 496 g/mol. The molecule has 36 heavy (non-hydrogen) atoms. The maximum atomic E-state index is 12.5. The zero-order chi connectivity index (χ0) is 26.2. The molecular weight excluding hydrogens is 472 g/mol. The zero-order valence-electron chi connectivity index (χ0n) is 19.0. The van der Waals surface area contributed by atoms with Crippen molar-refractivity contribution in [2.24, 2.45) is 0 Å². The Balaban J connectivity index is 1.78. The second-order valence-electron chi connectivity index (χ2n) is 8.05. The molecule has 0 aliphatic heterocycles. The van der Waals surface area contributed by atoms with E-state index in [1.165, 1.54) is 12.1 Å². The van der Waals surface area contributed by atoms with E-state index in [4.69, 9.17) is 15.6 Å². The van der Waals surface area contributed by atoms with Gasteiger partial charge in [0.2, 0.25) is 5.95 Å². The van der Waals surface area contributed by atoms with Gasteiger partial charge in [-0.1, -0.05) is 18.2 Å². The number of hydrogen-bond donors (Lipinski definition) is 5. The fraction of sp³-hybridized carbons (Fsp3) is 0.250. The van der Waals surface area contributed by atoms with E-state index in [9.17, 15) is 29.1 Å². The molecule has 1 aromatic heterocycles. The number of carbonyl (C=O) groups is 4. The molecule has 0 spiro atoms. The van der Waals surface area contributed by atoms with Crippen LogP contribution >= 0.6 is 0 Å². The molecule has 0 bridgehead atoms. The van der Waals surface area contributed by atoms with Crippen LogP contribution in [0, 0.1) is 0 Å². The number of carbonyl (C=O) groups excluding carboxylic acids is 2. The predicted octanol–water partition coefficient (Wildman–Crippen LogP) is 1.05. The van der Waals surface area contributed by atoms with Gasteiger partial charge in [0, 0.05) is 17.9 Å². The second-order valence-corrected chi connectivity index (χ2v) is 8.05. The number of nitrogens with zero attached hydrogens (tertiary/aromatic N) is 1. The highest BCUT2D eigenvalue weighted by Gasteiger charge is 2.22. The van der Waals surface area contributed by atoms with Crippen molar-refractivity contribution in [1.29, 1.82) is 0 Å². The minimum absolute atomic E-state index is 0.0122. The van der Waals surface area contributed by atoms with E-state index in [1.54, 1.807) is 30.3 Å². The molecular formula is C24H24N4O8. The highest BCUT2D eigenvalue weighted by Crippen LogP contribution is 2.23. The first kappa shape index (κ1) is 25.9. The number of aromatic nitrogens is 2. The highest BCUT2D eigenvalue weighted by molar-refractivity contribution is 5.96. The molecule has 2 atom stereocenters. The summed E-state index contributed by atoms with van der Waals surface area (Å²) in [6, 6.07) is 10.1. The first-order chi connectivity index (χ1) is 17.2. The van der Waals surface area contributed by atoms with Gasteiger partial charge in [0.15, 0.2) is 0 Å². The van der Waals surface area contributed by atoms with Crippen LogP contribution in [0.1, 0.15) is 40.2 Å². The molecule has 2 unspecified atom stereocenters. The minimum atomic E-state index is -1.34. The van der Waals surface area contributed by atoms with E-state index < -0.39 is 30.3 Å². The topological polar surface area (TPSA) is 202 Å². The van der Waals surface area contributed by atoms with Crippen molar-refractivity contribution in [2.45, 2.75) is 31.2 Å². The number of nitrogens with one attached hydrogen (secondary N) is 2. The van der Waals surface area contributed by atoms with Crippen molar-refractivity contribution in [1.82, 2.24) is 15.3 Å². The van der Waals surface area contributed by atoms with Gasteiger partial charge in [-0.15, -0.1) is 0 Å². The molecule has 1 amide bonds. The van der Waals surface area contributed by atoms with Gasteiger partial charge >= 0.3 is 11.9 Å². The number of fused-ring (bicyclic) bond motifs is 1. The molecule has 3 rings (SSSR count). The third kappa shape index (κ3) is 6.65. The number of nitrogen functional groups attached to an aromatic ring is 1. The SMILES string of the molecule is Nc1nc2ccc(CC(COC=O)c3ccc(C(=O)NC(CCC(=O)O)C(=O)O)cc3)cc2c(=O)[nH]1. The smallest absolute Gasteiger partial charge is 0.326 e. The van der Waals surface area contributed by atoms with Gasteiger partial charge in [-0.05, 0) is 48.2 Å². The number of benzene rings is 2. The van der Waals surface area contributed by atoms with Crippen LogP contribution in [-0.4, -0.2) is 57.1 Å². The van der Waals surface area contributed by atoms with Gasteiger partial charge in [-0.2, -0.15) is 0 Å². The summed E-state index contributed by atoms with van der Waals surface area (Å²) in [5.41, 5.74) is 7.34. The number of amides is 1. The summed E-state index contributed by atoms with van der Waals surface area (Å²) in [5, 5.41) is 20.7. The first-order valence-electron chi connectivity index (χ1n) is 10.9. The number of aliphatic carboxylic acids is 2. The van der Waals surface area contributed by atoms with Gasteiger partial charge in [-0.3, -0.25) is 24.2 Å². The normalized spacial score (nSPS) is 12.4. The number of anilines is 1. The van der Waals surface area contributed by atoms with Crippen molar-refractivity contribution in [3.05, 3.63) is 69.5 Å². The molecule has 3 aromatic rings. The lowest BCUT2D eigenvalue weighted by atomic mass is 9.91. The van der Waals surface area contributed by atoms with Crippen molar-refractivity contribution in [2.75, 3.05) is 12.3 Å². The number of hydrogen-bond acceptors (Lipinski definition) is 8. The van der Waals surface area contributed by atoms with Gasteiger partial charge in [-0.25, -0.2) is 9.78 Å². The summed E-state index contributed by atoms with van der Waals surface area (Å²) in [6.07, 6.45) is -0.260. The highest BCUT2D eigenvalue weighted by atomic mass is 16.5. The zero-order valence-corrected chi connectivity index (χ0v) is 19.0. The van der Waals surface area contributed by atoms with Gasteiger partial charge < -0.3 is 26.0 Å². The number of nitrogens with two attached hydrogens (primary N) is 1. The average Bonchev–Trinajstić information content (AvgIpc) is 2.84.